The van der Waals surface area contributed by atoms with Gasteiger partial charge in [0.2, 0.25) is 0 Å². The van der Waals surface area contributed by atoms with Crippen molar-refractivity contribution in [3.63, 3.8) is 0 Å². The van der Waals surface area contributed by atoms with E-state index in [1.807, 2.05) is 0 Å². The summed E-state index contributed by atoms with van der Waals surface area (Å²) >= 11 is 0. The number of nitrogens with one attached hydrogen (secondary N) is 1. The first-order valence-corrected chi connectivity index (χ1v) is 8.21. The third-order valence-corrected chi connectivity index (χ3v) is 4.52. The zero-order valence-electron chi connectivity index (χ0n) is 12.6. The van der Waals surface area contributed by atoms with Crippen LogP contribution in [-0.4, -0.2) is 11.1 Å². The fourth-order valence-electron chi connectivity index (χ4n) is 3.46. The SMILES string of the molecule is CCCCCCCn1c2c(c3ccccc31)CNCC2. The van der Waals surface area contributed by atoms with E-state index in [1.165, 1.54) is 56.0 Å². The van der Waals surface area contributed by atoms with Crippen LogP contribution >= 0.6 is 0 Å². The Labute approximate surface area is 122 Å². The Kier molecular flexibility index (Phi) is 4.41. The Morgan fingerprint density at radius 1 is 1.10 bits per heavy atom. The van der Waals surface area contributed by atoms with Gasteiger partial charge in [-0.25, -0.2) is 0 Å². The van der Waals surface area contributed by atoms with Gasteiger partial charge in [0, 0.05) is 42.7 Å². The lowest BCUT2D eigenvalue weighted by Crippen LogP contribution is -2.24. The van der Waals surface area contributed by atoms with Crippen LogP contribution in [0.2, 0.25) is 0 Å². The normalized spacial score (nSPS) is 14.7. The minimum absolute atomic E-state index is 1.04. The second-order valence-electron chi connectivity index (χ2n) is 5.94. The van der Waals surface area contributed by atoms with Gasteiger partial charge in [0.1, 0.15) is 0 Å². The second-order valence-corrected chi connectivity index (χ2v) is 5.94. The van der Waals surface area contributed by atoms with Gasteiger partial charge >= 0.3 is 0 Å². The fourth-order valence-corrected chi connectivity index (χ4v) is 3.46. The molecule has 2 aromatic rings. The fraction of sp³-hybridized carbons (Fsp3) is 0.556. The molecule has 0 saturated heterocycles. The third-order valence-electron chi connectivity index (χ3n) is 4.52. The zero-order valence-corrected chi connectivity index (χ0v) is 12.6. The van der Waals surface area contributed by atoms with E-state index in [4.69, 9.17) is 0 Å². The number of rotatable bonds is 6. The number of benzene rings is 1. The summed E-state index contributed by atoms with van der Waals surface area (Å²) in [4.78, 5) is 0. The molecule has 2 heteroatoms. The molecule has 0 atom stereocenters. The number of hydrogen-bond donors (Lipinski definition) is 1. The molecule has 0 bridgehead atoms. The average Bonchev–Trinajstić information content (AvgIpc) is 2.82. The Hall–Kier alpha value is -1.28. The molecule has 0 fully saturated rings. The summed E-state index contributed by atoms with van der Waals surface area (Å²) < 4.78 is 2.59. The molecule has 1 aliphatic rings. The van der Waals surface area contributed by atoms with E-state index in [0.29, 0.717) is 0 Å². The van der Waals surface area contributed by atoms with Crippen molar-refractivity contribution < 1.29 is 0 Å². The highest BCUT2D eigenvalue weighted by molar-refractivity contribution is 5.85. The topological polar surface area (TPSA) is 17.0 Å². The highest BCUT2D eigenvalue weighted by atomic mass is 15.0. The third kappa shape index (κ3) is 2.62. The molecule has 1 aromatic heterocycles. The van der Waals surface area contributed by atoms with E-state index in [1.54, 1.807) is 11.3 Å². The molecule has 1 aromatic carbocycles. The molecule has 3 rings (SSSR count). The van der Waals surface area contributed by atoms with Gasteiger partial charge in [0.05, 0.1) is 0 Å². The summed E-state index contributed by atoms with van der Waals surface area (Å²) in [5.41, 5.74) is 4.57. The highest BCUT2D eigenvalue weighted by Gasteiger charge is 2.18. The van der Waals surface area contributed by atoms with Gasteiger partial charge in [0.25, 0.3) is 0 Å². The quantitative estimate of drug-likeness (QED) is 0.776. The van der Waals surface area contributed by atoms with Crippen molar-refractivity contribution in [2.45, 2.75) is 58.5 Å². The van der Waals surface area contributed by atoms with Crippen molar-refractivity contribution in [3.05, 3.63) is 35.5 Å². The van der Waals surface area contributed by atoms with Crippen LogP contribution < -0.4 is 5.32 Å². The summed E-state index contributed by atoms with van der Waals surface area (Å²) in [5, 5.41) is 4.98. The number of aromatic nitrogens is 1. The molecule has 0 spiro atoms. The van der Waals surface area contributed by atoms with Gasteiger partial charge in [0.15, 0.2) is 0 Å². The Morgan fingerprint density at radius 3 is 2.85 bits per heavy atom. The zero-order chi connectivity index (χ0) is 13.8. The first kappa shape index (κ1) is 13.7. The van der Waals surface area contributed by atoms with Gasteiger partial charge in [-0.15, -0.1) is 0 Å². The number of hydrogen-bond acceptors (Lipinski definition) is 1. The van der Waals surface area contributed by atoms with Gasteiger partial charge in [-0.1, -0.05) is 50.8 Å². The van der Waals surface area contributed by atoms with E-state index in [9.17, 15) is 0 Å². The monoisotopic (exact) mass is 270 g/mol. The molecular weight excluding hydrogens is 244 g/mol. The summed E-state index contributed by atoms with van der Waals surface area (Å²) in [6.45, 7) is 5.64. The lowest BCUT2D eigenvalue weighted by molar-refractivity contribution is 0.547. The van der Waals surface area contributed by atoms with Gasteiger partial charge in [-0.2, -0.15) is 0 Å². The standard InChI is InChI=1S/C18H26N2/c1-2-3-4-5-8-13-20-17-10-7-6-9-15(17)16-14-19-12-11-18(16)20/h6-7,9-10,19H,2-5,8,11-14H2,1H3. The number of nitrogens with zero attached hydrogens (tertiary/aromatic N) is 1. The number of aryl methyl sites for hydroxylation is 1. The molecular formula is C18H26N2. The van der Waals surface area contributed by atoms with Crippen molar-refractivity contribution in [1.29, 1.82) is 0 Å². The largest absolute Gasteiger partial charge is 0.344 e. The smallest absolute Gasteiger partial charge is 0.0485 e. The second kappa shape index (κ2) is 6.45. The van der Waals surface area contributed by atoms with E-state index in [2.05, 4.69) is 41.1 Å². The molecule has 1 N–H and O–H groups in total. The first-order chi connectivity index (χ1) is 9.92. The number of unbranched alkanes of at least 4 members (excludes halogenated alkanes) is 4. The van der Waals surface area contributed by atoms with E-state index >= 15 is 0 Å². The first-order valence-electron chi connectivity index (χ1n) is 8.21. The summed E-state index contributed by atoms with van der Waals surface area (Å²) in [6, 6.07) is 8.92. The molecule has 0 amide bonds. The summed E-state index contributed by atoms with van der Waals surface area (Å²) in [6.07, 6.45) is 7.96. The van der Waals surface area contributed by atoms with Crippen LogP contribution in [0, 0.1) is 0 Å². The van der Waals surface area contributed by atoms with E-state index < -0.39 is 0 Å². The number of fused-ring (bicyclic) bond motifs is 3. The maximum Gasteiger partial charge on any atom is 0.0485 e. The van der Waals surface area contributed by atoms with Crippen LogP contribution in [0.15, 0.2) is 24.3 Å². The van der Waals surface area contributed by atoms with Crippen LogP contribution in [0.25, 0.3) is 10.9 Å². The minimum atomic E-state index is 1.04. The van der Waals surface area contributed by atoms with Gasteiger partial charge in [-0.05, 0) is 18.1 Å². The average molecular weight is 270 g/mol. The maximum absolute atomic E-state index is 3.52. The molecule has 0 unspecified atom stereocenters. The van der Waals surface area contributed by atoms with Crippen LogP contribution in [0.1, 0.15) is 50.3 Å². The van der Waals surface area contributed by atoms with Crippen molar-refractivity contribution in [2.75, 3.05) is 6.54 Å². The van der Waals surface area contributed by atoms with Crippen molar-refractivity contribution in [2.24, 2.45) is 0 Å². The Bertz CT molecular complexity index is 568. The van der Waals surface area contributed by atoms with Crippen molar-refractivity contribution in [3.8, 4) is 0 Å². The van der Waals surface area contributed by atoms with E-state index in [-0.39, 0.29) is 0 Å². The molecule has 0 radical (unpaired) electrons. The van der Waals surface area contributed by atoms with Crippen LogP contribution in [0.3, 0.4) is 0 Å². The van der Waals surface area contributed by atoms with Crippen molar-refractivity contribution in [1.82, 2.24) is 9.88 Å². The molecule has 20 heavy (non-hydrogen) atoms. The maximum atomic E-state index is 3.52. The Morgan fingerprint density at radius 2 is 1.95 bits per heavy atom. The van der Waals surface area contributed by atoms with Crippen molar-refractivity contribution >= 4 is 10.9 Å². The summed E-state index contributed by atoms with van der Waals surface area (Å²) in [7, 11) is 0. The van der Waals surface area contributed by atoms with Gasteiger partial charge in [-0.3, -0.25) is 0 Å². The van der Waals surface area contributed by atoms with Crippen LogP contribution in [0.5, 0.6) is 0 Å². The van der Waals surface area contributed by atoms with Gasteiger partial charge < -0.3 is 9.88 Å². The molecule has 108 valence electrons. The van der Waals surface area contributed by atoms with Crippen LogP contribution in [0.4, 0.5) is 0 Å². The molecule has 0 saturated carbocycles. The number of para-hydroxylation sites is 1. The predicted octanol–water partition coefficient (Wildman–Crippen LogP) is 4.26. The van der Waals surface area contributed by atoms with E-state index in [0.717, 1.165) is 13.1 Å². The lowest BCUT2D eigenvalue weighted by atomic mass is 10.1. The summed E-state index contributed by atoms with van der Waals surface area (Å²) in [5.74, 6) is 0. The molecule has 2 heterocycles. The lowest BCUT2D eigenvalue weighted by Gasteiger charge is -2.17. The molecule has 0 aliphatic carbocycles. The molecule has 1 aliphatic heterocycles. The highest BCUT2D eigenvalue weighted by Crippen LogP contribution is 2.28. The Balaban J connectivity index is 1.82. The molecule has 2 nitrogen and oxygen atoms in total. The van der Waals surface area contributed by atoms with Crippen LogP contribution in [-0.2, 0) is 19.5 Å². The predicted molar refractivity (Wildman–Crippen MR) is 86.1 cm³/mol. The minimum Gasteiger partial charge on any atom is -0.344 e.